The van der Waals surface area contributed by atoms with Gasteiger partial charge in [0.15, 0.2) is 5.17 Å². The third kappa shape index (κ3) is 6.20. The fourth-order valence-electron chi connectivity index (χ4n) is 3.39. The van der Waals surface area contributed by atoms with E-state index in [0.29, 0.717) is 18.2 Å². The summed E-state index contributed by atoms with van der Waals surface area (Å²) in [6.45, 7) is 8.24. The van der Waals surface area contributed by atoms with Crippen LogP contribution < -0.4 is 0 Å². The number of thioether (sulfide) groups is 1. The Bertz CT molecular complexity index is 769. The number of aliphatic hydroxyl groups is 2. The topological polar surface area (TPSA) is 101 Å². The van der Waals surface area contributed by atoms with Crippen LogP contribution in [0.25, 0.3) is 0 Å². The maximum absolute atomic E-state index is 12.9. The Morgan fingerprint density at radius 2 is 1.94 bits per heavy atom. The molecule has 0 radical (unpaired) electrons. The van der Waals surface area contributed by atoms with Crippen molar-refractivity contribution in [3.8, 4) is 0 Å². The Hall–Kier alpha value is -1.65. The van der Waals surface area contributed by atoms with Gasteiger partial charge in [-0.25, -0.2) is 4.79 Å². The molecule has 2 aliphatic heterocycles. The molecule has 2 aliphatic rings. The van der Waals surface area contributed by atoms with E-state index in [1.807, 2.05) is 37.3 Å². The van der Waals surface area contributed by atoms with Gasteiger partial charge in [-0.2, -0.15) is 0 Å². The van der Waals surface area contributed by atoms with Crippen molar-refractivity contribution < 1.29 is 29.2 Å². The monoisotopic (exact) mass is 452 g/mol. The summed E-state index contributed by atoms with van der Waals surface area (Å²) in [4.78, 5) is 18.8. The lowest BCUT2D eigenvalue weighted by Gasteiger charge is -2.37. The Labute approximate surface area is 187 Å². The average Bonchev–Trinajstić information content (AvgIpc) is 3.13. The van der Waals surface area contributed by atoms with Crippen LogP contribution in [-0.4, -0.2) is 74.9 Å². The number of amides is 1. The molecule has 0 unspecified atom stereocenters. The van der Waals surface area contributed by atoms with Gasteiger partial charge in [-0.05, 0) is 32.8 Å². The van der Waals surface area contributed by atoms with Gasteiger partial charge in [0.05, 0.1) is 25.9 Å². The van der Waals surface area contributed by atoms with Crippen LogP contribution >= 0.6 is 11.8 Å². The third-order valence-electron chi connectivity index (χ3n) is 4.97. The van der Waals surface area contributed by atoms with Crippen molar-refractivity contribution in [3.63, 3.8) is 0 Å². The lowest BCUT2D eigenvalue weighted by atomic mass is 9.97. The first-order chi connectivity index (χ1) is 14.7. The molecule has 1 amide bonds. The predicted octanol–water partition coefficient (Wildman–Crippen LogP) is 2.77. The van der Waals surface area contributed by atoms with Crippen molar-refractivity contribution in [1.82, 2.24) is 4.90 Å². The molecule has 9 heteroatoms. The molecular formula is C22H32N2O6S. The minimum Gasteiger partial charge on any atom is -0.443 e. The van der Waals surface area contributed by atoms with Gasteiger partial charge < -0.3 is 24.4 Å². The van der Waals surface area contributed by atoms with E-state index < -0.39 is 41.5 Å². The van der Waals surface area contributed by atoms with E-state index >= 15 is 0 Å². The summed E-state index contributed by atoms with van der Waals surface area (Å²) < 4.78 is 17.2. The zero-order valence-electron chi connectivity index (χ0n) is 18.4. The molecule has 0 saturated carbocycles. The molecule has 0 bridgehead atoms. The van der Waals surface area contributed by atoms with Crippen molar-refractivity contribution in [1.29, 1.82) is 0 Å². The molecule has 1 aromatic carbocycles. The van der Waals surface area contributed by atoms with Crippen LogP contribution in [0.5, 0.6) is 0 Å². The summed E-state index contributed by atoms with van der Waals surface area (Å²) >= 11 is 1.26. The van der Waals surface area contributed by atoms with Crippen LogP contribution in [0.15, 0.2) is 35.3 Å². The number of benzene rings is 1. The van der Waals surface area contributed by atoms with E-state index in [9.17, 15) is 15.0 Å². The van der Waals surface area contributed by atoms with Gasteiger partial charge in [-0.1, -0.05) is 49.0 Å². The maximum Gasteiger partial charge on any atom is 0.416 e. The second kappa shape index (κ2) is 10.3. The molecule has 5 atom stereocenters. The van der Waals surface area contributed by atoms with E-state index in [1.165, 1.54) is 16.7 Å². The summed E-state index contributed by atoms with van der Waals surface area (Å²) in [5.74, 6) is 0. The first-order valence-corrected chi connectivity index (χ1v) is 11.5. The molecule has 172 valence electrons. The summed E-state index contributed by atoms with van der Waals surface area (Å²) in [5, 5.41) is 21.2. The molecular weight excluding hydrogens is 420 g/mol. The van der Waals surface area contributed by atoms with E-state index in [2.05, 4.69) is 4.99 Å². The standard InChI is InChI=1S/C22H32N2O6S/c1-5-15-17(25)18(26)16-19(29-15)31-20(23-16)24(21(27)30-22(2,3)4)11-12-28-13-14-9-7-6-8-10-14/h6-10,15-19,25-26H,5,11-13H2,1-4H3/t15-,16-,17-,18-,19-/m1/s1. The molecule has 1 fully saturated rings. The van der Waals surface area contributed by atoms with Gasteiger partial charge in [0.1, 0.15) is 29.3 Å². The normalized spacial score (nSPS) is 28.1. The van der Waals surface area contributed by atoms with Gasteiger partial charge in [-0.3, -0.25) is 9.89 Å². The molecule has 2 heterocycles. The van der Waals surface area contributed by atoms with Gasteiger partial charge in [0, 0.05) is 0 Å². The predicted molar refractivity (Wildman–Crippen MR) is 119 cm³/mol. The van der Waals surface area contributed by atoms with Crippen LogP contribution in [-0.2, 0) is 20.8 Å². The van der Waals surface area contributed by atoms with E-state index in [-0.39, 0.29) is 13.2 Å². The fourth-order valence-corrected chi connectivity index (χ4v) is 4.63. The third-order valence-corrected chi connectivity index (χ3v) is 6.13. The number of rotatable bonds is 6. The summed E-state index contributed by atoms with van der Waals surface area (Å²) in [7, 11) is 0. The van der Waals surface area contributed by atoms with Crippen LogP contribution in [0, 0.1) is 0 Å². The van der Waals surface area contributed by atoms with Gasteiger partial charge >= 0.3 is 6.09 Å². The maximum atomic E-state index is 12.9. The first kappa shape index (κ1) is 24.0. The number of hydrogen-bond acceptors (Lipinski definition) is 8. The molecule has 8 nitrogen and oxygen atoms in total. The van der Waals surface area contributed by atoms with E-state index in [1.54, 1.807) is 20.8 Å². The van der Waals surface area contributed by atoms with Crippen LogP contribution in [0.4, 0.5) is 4.79 Å². The highest BCUT2D eigenvalue weighted by Gasteiger charge is 2.49. The van der Waals surface area contributed by atoms with Crippen molar-refractivity contribution in [3.05, 3.63) is 35.9 Å². The second-order valence-corrected chi connectivity index (χ2v) is 9.69. The molecule has 2 N–H and O–H groups in total. The Morgan fingerprint density at radius 3 is 2.58 bits per heavy atom. The summed E-state index contributed by atoms with van der Waals surface area (Å²) in [6.07, 6.45) is -2.51. The smallest absolute Gasteiger partial charge is 0.416 e. The van der Waals surface area contributed by atoms with Crippen molar-refractivity contribution in [2.45, 2.75) is 76.1 Å². The number of carbonyl (C=O) groups is 1. The SMILES string of the molecule is CC[C@H]1O[C@@H]2SC(N(CCOCc3ccccc3)C(=O)OC(C)(C)C)=N[C@@H]2[C@@H](O)[C@@H]1O. The Balaban J connectivity index is 1.68. The fraction of sp³-hybridized carbons (Fsp3) is 0.636. The number of fused-ring (bicyclic) bond motifs is 1. The number of ether oxygens (including phenoxy) is 3. The van der Waals surface area contributed by atoms with Crippen LogP contribution in [0.1, 0.15) is 39.7 Å². The molecule has 1 aromatic rings. The van der Waals surface area contributed by atoms with E-state index in [0.717, 1.165) is 5.56 Å². The molecule has 1 saturated heterocycles. The van der Waals surface area contributed by atoms with Crippen molar-refractivity contribution >= 4 is 23.0 Å². The average molecular weight is 453 g/mol. The largest absolute Gasteiger partial charge is 0.443 e. The van der Waals surface area contributed by atoms with Gasteiger partial charge in [0.2, 0.25) is 0 Å². The molecule has 0 spiro atoms. The number of aliphatic hydroxyl groups excluding tert-OH is 2. The number of carbonyl (C=O) groups excluding carboxylic acids is 1. The number of hydrogen-bond donors (Lipinski definition) is 2. The summed E-state index contributed by atoms with van der Waals surface area (Å²) in [5.41, 5.74) is -0.0920. The minimum absolute atomic E-state index is 0.239. The van der Waals surface area contributed by atoms with Crippen molar-refractivity contribution in [2.75, 3.05) is 13.2 Å². The highest BCUT2D eigenvalue weighted by molar-refractivity contribution is 8.14. The highest BCUT2D eigenvalue weighted by atomic mass is 32.2. The van der Waals surface area contributed by atoms with Crippen molar-refractivity contribution in [2.24, 2.45) is 4.99 Å². The van der Waals surface area contributed by atoms with Gasteiger partial charge in [-0.15, -0.1) is 0 Å². The zero-order valence-corrected chi connectivity index (χ0v) is 19.2. The molecule has 31 heavy (non-hydrogen) atoms. The quantitative estimate of drug-likeness (QED) is 0.640. The summed E-state index contributed by atoms with van der Waals surface area (Å²) in [6, 6.07) is 9.14. The minimum atomic E-state index is -1.05. The lowest BCUT2D eigenvalue weighted by Crippen LogP contribution is -2.54. The zero-order chi connectivity index (χ0) is 22.6. The molecule has 3 rings (SSSR count). The number of nitrogens with zero attached hydrogens (tertiary/aromatic N) is 2. The molecule has 0 aromatic heterocycles. The van der Waals surface area contributed by atoms with Crippen LogP contribution in [0.3, 0.4) is 0 Å². The Morgan fingerprint density at radius 1 is 1.23 bits per heavy atom. The highest BCUT2D eigenvalue weighted by Crippen LogP contribution is 2.38. The lowest BCUT2D eigenvalue weighted by molar-refractivity contribution is -0.153. The van der Waals surface area contributed by atoms with E-state index in [4.69, 9.17) is 14.2 Å². The first-order valence-electron chi connectivity index (χ1n) is 10.6. The van der Waals surface area contributed by atoms with Crippen LogP contribution in [0.2, 0.25) is 0 Å². The van der Waals surface area contributed by atoms with Gasteiger partial charge in [0.25, 0.3) is 0 Å². The molecule has 0 aliphatic carbocycles. The number of amidine groups is 1. The number of aliphatic imine (C=N–C) groups is 1. The Kier molecular flexibility index (Phi) is 7.98. The second-order valence-electron chi connectivity index (χ2n) is 8.62.